The van der Waals surface area contributed by atoms with Gasteiger partial charge in [-0.15, -0.1) is 11.6 Å². The number of nitrogens with zero attached hydrogens (tertiary/aromatic N) is 3. The largest absolute Gasteiger partial charge is 0.493 e. The standard InChI is InChI=1S/C25H37ClN6O3/c1-34-21-14-19-20(15-22(21)35-2)30-25(28-11-10-27-23(33)16-26)31-24(19)29-17-8-12-32(13-9-17)18-6-4-3-5-7-18/h14-15,17-18H,3-13,16H2,1-2H3,(H,27,33)(H2,28,29,30,31). The highest BCUT2D eigenvalue weighted by Gasteiger charge is 2.27. The van der Waals surface area contributed by atoms with Crippen LogP contribution in [0.4, 0.5) is 11.8 Å². The Morgan fingerprint density at radius 3 is 2.43 bits per heavy atom. The van der Waals surface area contributed by atoms with Gasteiger partial charge in [-0.3, -0.25) is 4.79 Å². The number of fused-ring (bicyclic) bond motifs is 1. The van der Waals surface area contributed by atoms with Crippen molar-refractivity contribution in [2.24, 2.45) is 0 Å². The number of carbonyl (C=O) groups excluding carboxylic acids is 1. The number of ether oxygens (including phenoxy) is 2. The van der Waals surface area contributed by atoms with Crippen molar-refractivity contribution in [1.82, 2.24) is 20.2 Å². The maximum Gasteiger partial charge on any atom is 0.234 e. The Morgan fingerprint density at radius 2 is 1.74 bits per heavy atom. The zero-order chi connectivity index (χ0) is 24.6. The molecule has 0 bridgehead atoms. The Kier molecular flexibility index (Phi) is 9.09. The van der Waals surface area contributed by atoms with E-state index in [4.69, 9.17) is 26.1 Å². The Bertz CT molecular complexity index is 993. The summed E-state index contributed by atoms with van der Waals surface area (Å²) in [4.78, 5) is 23.5. The third-order valence-corrected chi connectivity index (χ3v) is 7.26. The van der Waals surface area contributed by atoms with Gasteiger partial charge in [0.2, 0.25) is 11.9 Å². The van der Waals surface area contributed by atoms with Crippen molar-refractivity contribution in [3.63, 3.8) is 0 Å². The van der Waals surface area contributed by atoms with Crippen LogP contribution in [0.2, 0.25) is 0 Å². The zero-order valence-electron chi connectivity index (χ0n) is 20.7. The minimum Gasteiger partial charge on any atom is -0.493 e. The predicted molar refractivity (Wildman–Crippen MR) is 140 cm³/mol. The highest BCUT2D eigenvalue weighted by atomic mass is 35.5. The fourth-order valence-corrected chi connectivity index (χ4v) is 5.21. The predicted octanol–water partition coefficient (Wildman–Crippen LogP) is 3.62. The molecule has 0 atom stereocenters. The number of rotatable bonds is 10. The van der Waals surface area contributed by atoms with E-state index in [-0.39, 0.29) is 11.8 Å². The molecule has 2 fully saturated rings. The molecule has 2 aromatic rings. The first-order valence-corrected chi connectivity index (χ1v) is 13.2. The number of amides is 1. The van der Waals surface area contributed by atoms with Gasteiger partial charge < -0.3 is 30.3 Å². The molecule has 1 saturated heterocycles. The van der Waals surface area contributed by atoms with E-state index in [1.807, 2.05) is 12.1 Å². The average Bonchev–Trinajstić information content (AvgIpc) is 2.91. The van der Waals surface area contributed by atoms with Crippen LogP contribution in [0.15, 0.2) is 12.1 Å². The van der Waals surface area contributed by atoms with Gasteiger partial charge in [0.15, 0.2) is 11.5 Å². The van der Waals surface area contributed by atoms with E-state index in [0.717, 1.165) is 48.7 Å². The van der Waals surface area contributed by atoms with E-state index >= 15 is 0 Å². The number of aromatic nitrogens is 2. The Hall–Kier alpha value is -2.52. The molecule has 1 amide bonds. The van der Waals surface area contributed by atoms with Crippen LogP contribution in [0.25, 0.3) is 10.9 Å². The fourth-order valence-electron chi connectivity index (χ4n) is 5.12. The topological polar surface area (TPSA) is 101 Å². The van der Waals surface area contributed by atoms with Crippen LogP contribution >= 0.6 is 11.6 Å². The number of hydrogen-bond acceptors (Lipinski definition) is 8. The van der Waals surface area contributed by atoms with Gasteiger partial charge in [-0.05, 0) is 31.7 Å². The van der Waals surface area contributed by atoms with Gasteiger partial charge in [-0.1, -0.05) is 19.3 Å². The molecule has 1 aliphatic carbocycles. The van der Waals surface area contributed by atoms with Crippen LogP contribution in [-0.2, 0) is 4.79 Å². The molecule has 192 valence electrons. The van der Waals surface area contributed by atoms with Gasteiger partial charge >= 0.3 is 0 Å². The number of anilines is 2. The first-order chi connectivity index (χ1) is 17.1. The van der Waals surface area contributed by atoms with Crippen molar-refractivity contribution < 1.29 is 14.3 Å². The highest BCUT2D eigenvalue weighted by molar-refractivity contribution is 6.27. The summed E-state index contributed by atoms with van der Waals surface area (Å²) < 4.78 is 11.0. The van der Waals surface area contributed by atoms with E-state index < -0.39 is 0 Å². The van der Waals surface area contributed by atoms with Crippen LogP contribution in [0.3, 0.4) is 0 Å². The lowest BCUT2D eigenvalue weighted by Crippen LogP contribution is -2.45. The number of halogens is 1. The first kappa shape index (κ1) is 25.6. The second-order valence-corrected chi connectivity index (χ2v) is 9.54. The van der Waals surface area contributed by atoms with E-state index in [2.05, 4.69) is 25.8 Å². The summed E-state index contributed by atoms with van der Waals surface area (Å²) >= 11 is 5.54. The van der Waals surface area contributed by atoms with E-state index in [1.165, 1.54) is 32.1 Å². The molecular weight excluding hydrogens is 468 g/mol. The van der Waals surface area contributed by atoms with Crippen molar-refractivity contribution in [2.75, 3.05) is 56.9 Å². The van der Waals surface area contributed by atoms with Crippen molar-refractivity contribution in [1.29, 1.82) is 0 Å². The molecule has 9 nitrogen and oxygen atoms in total. The highest BCUT2D eigenvalue weighted by Crippen LogP contribution is 2.35. The molecule has 1 aromatic heterocycles. The molecule has 0 unspecified atom stereocenters. The molecule has 1 aromatic carbocycles. The Morgan fingerprint density at radius 1 is 1.03 bits per heavy atom. The number of alkyl halides is 1. The molecule has 1 aliphatic heterocycles. The van der Waals surface area contributed by atoms with Gasteiger partial charge in [0, 0.05) is 49.7 Å². The van der Waals surface area contributed by atoms with Gasteiger partial charge in [-0.25, -0.2) is 4.98 Å². The maximum absolute atomic E-state index is 11.4. The first-order valence-electron chi connectivity index (χ1n) is 12.6. The third kappa shape index (κ3) is 6.58. The SMILES string of the molecule is COc1cc2nc(NCCNC(=O)CCl)nc(NC3CCN(C4CCCCC4)CC3)c2cc1OC. The minimum atomic E-state index is -0.202. The molecule has 1 saturated carbocycles. The summed E-state index contributed by atoms with van der Waals surface area (Å²) in [6, 6.07) is 4.90. The van der Waals surface area contributed by atoms with Crippen LogP contribution in [0.5, 0.6) is 11.5 Å². The molecule has 2 heterocycles. The normalized spacial score (nSPS) is 17.8. The fraction of sp³-hybridized carbons (Fsp3) is 0.640. The van der Waals surface area contributed by atoms with Gasteiger partial charge in [-0.2, -0.15) is 4.98 Å². The molecule has 10 heteroatoms. The van der Waals surface area contributed by atoms with E-state index in [0.29, 0.717) is 36.6 Å². The summed E-state index contributed by atoms with van der Waals surface area (Å²) in [7, 11) is 3.24. The quantitative estimate of drug-likeness (QED) is 0.333. The van der Waals surface area contributed by atoms with E-state index in [1.54, 1.807) is 14.2 Å². The summed E-state index contributed by atoms with van der Waals surface area (Å²) in [5.74, 6) is 2.27. The van der Waals surface area contributed by atoms with Gasteiger partial charge in [0.1, 0.15) is 11.7 Å². The monoisotopic (exact) mass is 504 g/mol. The lowest BCUT2D eigenvalue weighted by molar-refractivity contribution is -0.118. The molecule has 0 radical (unpaired) electrons. The number of nitrogens with one attached hydrogen (secondary N) is 3. The van der Waals surface area contributed by atoms with Crippen molar-refractivity contribution >= 4 is 40.2 Å². The van der Waals surface area contributed by atoms with Crippen LogP contribution < -0.4 is 25.4 Å². The molecule has 3 N–H and O–H groups in total. The number of methoxy groups -OCH3 is 2. The van der Waals surface area contributed by atoms with Crippen LogP contribution in [-0.4, -0.2) is 79.1 Å². The van der Waals surface area contributed by atoms with Crippen LogP contribution in [0, 0.1) is 0 Å². The van der Waals surface area contributed by atoms with E-state index in [9.17, 15) is 4.79 Å². The second kappa shape index (κ2) is 12.4. The summed E-state index contributed by atoms with van der Waals surface area (Å²) in [6.07, 6.45) is 8.98. The number of likely N-dealkylation sites (tertiary alicyclic amines) is 1. The molecule has 4 rings (SSSR count). The summed E-state index contributed by atoms with van der Waals surface area (Å²) in [6.45, 7) is 3.16. The molecule has 35 heavy (non-hydrogen) atoms. The van der Waals surface area contributed by atoms with Crippen molar-refractivity contribution in [3.05, 3.63) is 12.1 Å². The van der Waals surface area contributed by atoms with Crippen molar-refractivity contribution in [2.45, 2.75) is 57.0 Å². The minimum absolute atomic E-state index is 0.0538. The maximum atomic E-state index is 11.4. The molecule has 2 aliphatic rings. The van der Waals surface area contributed by atoms with Gasteiger partial charge in [0.25, 0.3) is 0 Å². The molecule has 0 spiro atoms. The number of piperidine rings is 1. The number of benzene rings is 1. The zero-order valence-corrected chi connectivity index (χ0v) is 21.5. The Labute approximate surface area is 212 Å². The molecular formula is C25H37ClN6O3. The van der Waals surface area contributed by atoms with Crippen molar-refractivity contribution in [3.8, 4) is 11.5 Å². The van der Waals surface area contributed by atoms with Gasteiger partial charge in [0.05, 0.1) is 19.7 Å². The van der Waals surface area contributed by atoms with Crippen LogP contribution in [0.1, 0.15) is 44.9 Å². The third-order valence-electron chi connectivity index (χ3n) is 7.01. The number of hydrogen-bond donors (Lipinski definition) is 3. The number of carbonyl (C=O) groups is 1. The summed E-state index contributed by atoms with van der Waals surface area (Å²) in [5.41, 5.74) is 0.757. The lowest BCUT2D eigenvalue weighted by Gasteiger charge is -2.39. The Balaban J connectivity index is 1.49. The summed E-state index contributed by atoms with van der Waals surface area (Å²) in [5, 5.41) is 10.5. The second-order valence-electron chi connectivity index (χ2n) is 9.28. The smallest absolute Gasteiger partial charge is 0.234 e. The average molecular weight is 505 g/mol. The lowest BCUT2D eigenvalue weighted by atomic mass is 9.92.